The number of carbonyl (C=O) groups is 1. The number of nitrogens with one attached hydrogen (secondary N) is 1. The molecule has 1 amide bonds. The van der Waals surface area contributed by atoms with Crippen LogP contribution in [0.25, 0.3) is 0 Å². The molecule has 0 saturated carbocycles. The van der Waals surface area contributed by atoms with Gasteiger partial charge in [-0.25, -0.2) is 0 Å². The van der Waals surface area contributed by atoms with Gasteiger partial charge in [-0.1, -0.05) is 28.1 Å². The van der Waals surface area contributed by atoms with Gasteiger partial charge in [0.2, 0.25) is 5.91 Å². The number of benzene rings is 1. The Morgan fingerprint density at radius 2 is 2.18 bits per heavy atom. The van der Waals surface area contributed by atoms with Crippen LogP contribution in [-0.4, -0.2) is 19.0 Å². The quantitative estimate of drug-likeness (QED) is 0.790. The molecule has 1 aromatic rings. The summed E-state index contributed by atoms with van der Waals surface area (Å²) in [6, 6.07) is 8.02. The van der Waals surface area contributed by atoms with Crippen LogP contribution >= 0.6 is 28.3 Å². The molecule has 1 rings (SSSR count). The Balaban J connectivity index is 0.00000256. The first-order valence-electron chi connectivity index (χ1n) is 5.43. The molecular formula is C12H18BrClN2O. The van der Waals surface area contributed by atoms with Crippen LogP contribution in [0.4, 0.5) is 0 Å². The highest BCUT2D eigenvalue weighted by Gasteiger charge is 2.01. The first-order chi connectivity index (χ1) is 7.72. The summed E-state index contributed by atoms with van der Waals surface area (Å²) < 4.78 is 1.05. The van der Waals surface area contributed by atoms with E-state index in [2.05, 4.69) is 21.2 Å². The molecule has 0 aliphatic heterocycles. The third-order valence-electron chi connectivity index (χ3n) is 2.23. The molecule has 0 aliphatic carbocycles. The van der Waals surface area contributed by atoms with Crippen LogP contribution in [0.15, 0.2) is 28.7 Å². The van der Waals surface area contributed by atoms with Crippen molar-refractivity contribution in [1.29, 1.82) is 0 Å². The third kappa shape index (κ3) is 7.36. The zero-order valence-electron chi connectivity index (χ0n) is 9.62. The molecule has 0 radical (unpaired) electrons. The van der Waals surface area contributed by atoms with Gasteiger partial charge in [-0.05, 0) is 37.1 Å². The summed E-state index contributed by atoms with van der Waals surface area (Å²) in [7, 11) is 0. The normalized spacial score (nSPS) is 9.53. The number of rotatable bonds is 6. The minimum absolute atomic E-state index is 0. The molecule has 1 aromatic carbocycles. The molecular weight excluding hydrogens is 304 g/mol. The summed E-state index contributed by atoms with van der Waals surface area (Å²) in [6.45, 7) is 1.29. The molecule has 3 nitrogen and oxygen atoms in total. The number of hydrogen-bond acceptors (Lipinski definition) is 2. The van der Waals surface area contributed by atoms with E-state index in [9.17, 15) is 4.79 Å². The molecule has 0 atom stereocenters. The Morgan fingerprint density at radius 1 is 1.41 bits per heavy atom. The lowest BCUT2D eigenvalue weighted by Crippen LogP contribution is -2.26. The van der Waals surface area contributed by atoms with Crippen LogP contribution in [0, 0.1) is 0 Å². The van der Waals surface area contributed by atoms with Gasteiger partial charge in [0.1, 0.15) is 0 Å². The zero-order valence-corrected chi connectivity index (χ0v) is 12.0. The van der Waals surface area contributed by atoms with Crippen LogP contribution in [0.3, 0.4) is 0 Å². The fourth-order valence-corrected chi connectivity index (χ4v) is 1.82. The molecule has 0 bridgehead atoms. The van der Waals surface area contributed by atoms with E-state index in [0.717, 1.165) is 17.3 Å². The van der Waals surface area contributed by atoms with Crippen LogP contribution in [-0.2, 0) is 11.2 Å². The van der Waals surface area contributed by atoms with Crippen LogP contribution in [0.1, 0.15) is 18.4 Å². The molecule has 0 aromatic heterocycles. The number of nitrogens with two attached hydrogens (primary N) is 1. The second-order valence-electron chi connectivity index (χ2n) is 3.62. The van der Waals surface area contributed by atoms with Crippen molar-refractivity contribution < 1.29 is 4.79 Å². The standard InChI is InChI=1S/C12H17BrN2O.ClH/c13-11-4-1-3-10(9-11)5-6-12(16)15-8-2-7-14;/h1,3-4,9H,2,5-8,14H2,(H,15,16);1H. The van der Waals surface area contributed by atoms with Gasteiger partial charge in [0.25, 0.3) is 0 Å². The minimum Gasteiger partial charge on any atom is -0.356 e. The smallest absolute Gasteiger partial charge is 0.220 e. The Labute approximate surface area is 117 Å². The molecule has 0 unspecified atom stereocenters. The van der Waals surface area contributed by atoms with Crippen molar-refractivity contribution in [2.24, 2.45) is 5.73 Å². The van der Waals surface area contributed by atoms with Crippen molar-refractivity contribution in [3.63, 3.8) is 0 Å². The summed E-state index contributed by atoms with van der Waals surface area (Å²) in [5.74, 6) is 0.0911. The van der Waals surface area contributed by atoms with Gasteiger partial charge in [-0.3, -0.25) is 4.79 Å². The number of carbonyl (C=O) groups excluding carboxylic acids is 1. The van der Waals surface area contributed by atoms with Gasteiger partial charge >= 0.3 is 0 Å². The summed E-state index contributed by atoms with van der Waals surface area (Å²) in [5, 5.41) is 2.84. The average molecular weight is 322 g/mol. The summed E-state index contributed by atoms with van der Waals surface area (Å²) >= 11 is 3.41. The summed E-state index contributed by atoms with van der Waals surface area (Å²) in [6.07, 6.45) is 2.14. The average Bonchev–Trinajstić information content (AvgIpc) is 2.27. The van der Waals surface area contributed by atoms with E-state index in [0.29, 0.717) is 19.5 Å². The Bertz CT molecular complexity index is 347. The monoisotopic (exact) mass is 320 g/mol. The fourth-order valence-electron chi connectivity index (χ4n) is 1.37. The Morgan fingerprint density at radius 3 is 2.82 bits per heavy atom. The van der Waals surface area contributed by atoms with Gasteiger partial charge in [0.15, 0.2) is 0 Å². The highest BCUT2D eigenvalue weighted by molar-refractivity contribution is 9.10. The Kier molecular flexibility index (Phi) is 9.13. The molecule has 0 aliphatic rings. The summed E-state index contributed by atoms with van der Waals surface area (Å²) in [5.41, 5.74) is 6.51. The molecule has 0 spiro atoms. The second kappa shape index (κ2) is 9.45. The lowest BCUT2D eigenvalue weighted by Gasteiger charge is -2.04. The van der Waals surface area contributed by atoms with Gasteiger partial charge in [-0.2, -0.15) is 0 Å². The van der Waals surface area contributed by atoms with E-state index in [1.807, 2.05) is 24.3 Å². The van der Waals surface area contributed by atoms with Crippen LogP contribution < -0.4 is 11.1 Å². The molecule has 17 heavy (non-hydrogen) atoms. The van der Waals surface area contributed by atoms with Gasteiger partial charge in [0.05, 0.1) is 0 Å². The highest BCUT2D eigenvalue weighted by atomic mass is 79.9. The maximum atomic E-state index is 11.4. The van der Waals surface area contributed by atoms with Crippen LogP contribution in [0.5, 0.6) is 0 Å². The number of amides is 1. The molecule has 0 fully saturated rings. The molecule has 0 heterocycles. The van der Waals surface area contributed by atoms with Crippen molar-refractivity contribution >= 4 is 34.2 Å². The SMILES string of the molecule is Cl.NCCCNC(=O)CCc1cccc(Br)c1. The zero-order chi connectivity index (χ0) is 11.8. The molecule has 0 saturated heterocycles. The largest absolute Gasteiger partial charge is 0.356 e. The van der Waals surface area contributed by atoms with E-state index in [4.69, 9.17) is 5.73 Å². The van der Waals surface area contributed by atoms with Crippen molar-refractivity contribution in [3.05, 3.63) is 34.3 Å². The predicted molar refractivity (Wildman–Crippen MR) is 76.4 cm³/mol. The van der Waals surface area contributed by atoms with E-state index in [-0.39, 0.29) is 18.3 Å². The van der Waals surface area contributed by atoms with Crippen molar-refractivity contribution in [2.75, 3.05) is 13.1 Å². The van der Waals surface area contributed by atoms with E-state index in [1.165, 1.54) is 5.56 Å². The maximum Gasteiger partial charge on any atom is 0.220 e. The van der Waals surface area contributed by atoms with Gasteiger partial charge < -0.3 is 11.1 Å². The topological polar surface area (TPSA) is 55.1 Å². The molecule has 96 valence electrons. The highest BCUT2D eigenvalue weighted by Crippen LogP contribution is 2.12. The van der Waals surface area contributed by atoms with Crippen molar-refractivity contribution in [1.82, 2.24) is 5.32 Å². The van der Waals surface area contributed by atoms with Crippen molar-refractivity contribution in [3.8, 4) is 0 Å². The van der Waals surface area contributed by atoms with Crippen LogP contribution in [0.2, 0.25) is 0 Å². The first-order valence-corrected chi connectivity index (χ1v) is 6.23. The van der Waals surface area contributed by atoms with Gasteiger partial charge in [-0.15, -0.1) is 12.4 Å². The third-order valence-corrected chi connectivity index (χ3v) is 2.73. The number of hydrogen-bond donors (Lipinski definition) is 2. The predicted octanol–water partition coefficient (Wildman–Crippen LogP) is 2.27. The molecule has 5 heteroatoms. The van der Waals surface area contributed by atoms with E-state index < -0.39 is 0 Å². The lowest BCUT2D eigenvalue weighted by atomic mass is 10.1. The van der Waals surface area contributed by atoms with E-state index >= 15 is 0 Å². The fraction of sp³-hybridized carbons (Fsp3) is 0.417. The van der Waals surface area contributed by atoms with E-state index in [1.54, 1.807) is 0 Å². The Hall–Kier alpha value is -0.580. The van der Waals surface area contributed by atoms with Crippen molar-refractivity contribution in [2.45, 2.75) is 19.3 Å². The summed E-state index contributed by atoms with van der Waals surface area (Å²) in [4.78, 5) is 11.4. The minimum atomic E-state index is 0. The van der Waals surface area contributed by atoms with Gasteiger partial charge in [0, 0.05) is 17.4 Å². The second-order valence-corrected chi connectivity index (χ2v) is 4.54. The number of halogens is 2. The number of aryl methyl sites for hydroxylation is 1. The molecule has 3 N–H and O–H groups in total. The lowest BCUT2D eigenvalue weighted by molar-refractivity contribution is -0.121. The maximum absolute atomic E-state index is 11.4. The first kappa shape index (κ1) is 16.4.